The number of nitrogens with two attached hydrogens (primary N) is 1. The van der Waals surface area contributed by atoms with E-state index in [0.29, 0.717) is 5.82 Å². The molecule has 0 spiro atoms. The number of nitrogens with one attached hydrogen (secondary N) is 2. The van der Waals surface area contributed by atoms with Crippen LogP contribution in [-0.2, 0) is 71.4 Å². The Labute approximate surface area is 730 Å². The molecule has 0 atom stereocenters. The number of aromatic nitrogens is 9. The van der Waals surface area contributed by atoms with E-state index in [-0.39, 0.29) is 16.4 Å². The van der Waals surface area contributed by atoms with Crippen molar-refractivity contribution in [1.29, 1.82) is 0 Å². The first-order valence-corrected chi connectivity index (χ1v) is 48.1. The second-order valence-corrected chi connectivity index (χ2v) is 38.5. The average molecular weight is 1640 g/mol. The Hall–Kier alpha value is -8.36. The van der Waals surface area contributed by atoms with E-state index in [1.807, 2.05) is 12.1 Å². The number of unbranched alkanes of at least 4 members (excludes halogenated alkanes) is 22. The monoisotopic (exact) mass is 1640 g/mol. The van der Waals surface area contributed by atoms with Gasteiger partial charge in [-0.1, -0.05) is 352 Å². The van der Waals surface area contributed by atoms with Crippen LogP contribution in [0.2, 0.25) is 0 Å². The average Bonchev–Trinajstić information content (AvgIpc) is 1.61. The second kappa shape index (κ2) is 48.6. The van der Waals surface area contributed by atoms with Gasteiger partial charge in [-0.2, -0.15) is 0 Å². The zero-order valence-corrected chi connectivity index (χ0v) is 78.1. The zero-order chi connectivity index (χ0) is 86.0. The highest BCUT2D eigenvalue weighted by Gasteiger charge is 2.27. The van der Waals surface area contributed by atoms with Crippen LogP contribution in [0.25, 0.3) is 65.8 Å². The summed E-state index contributed by atoms with van der Waals surface area (Å²) in [6, 6.07) is 53.1. The topological polar surface area (TPSA) is 145 Å². The maximum atomic E-state index is 6.41. The van der Waals surface area contributed by atoms with Crippen LogP contribution in [0.1, 0.15) is 346 Å². The number of aryl methyl sites for hydroxylation is 3. The number of para-hydroxylation sites is 3. The van der Waals surface area contributed by atoms with Gasteiger partial charge in [-0.15, -0.1) is 0 Å². The van der Waals surface area contributed by atoms with Crippen molar-refractivity contribution in [1.82, 2.24) is 59.1 Å². The molecule has 0 bridgehead atoms. The SMILES string of the molecule is CCCCCCCCCCNCc1ccc(Cn2c(CCCC)nc3c(CC(C)(C)C)nc4ccccc4c32)cc1.CCCCCCCCCN(Cc1ccc(Cn2c(CCCC)nc3c(N)nc4ccccc4c32)cc1)C(C)(C)C.CCCCCCCCCNCc1ccc(Cn2c(CCCC)nc3c(CC(C)(C)C)nc4ccccc4c32)cc1. The summed E-state index contributed by atoms with van der Waals surface area (Å²) in [5, 5.41) is 10.8. The molecule has 0 aliphatic heterocycles. The van der Waals surface area contributed by atoms with Crippen molar-refractivity contribution < 1.29 is 0 Å². The summed E-state index contributed by atoms with van der Waals surface area (Å²) in [6.45, 7) is 43.1. The van der Waals surface area contributed by atoms with E-state index in [0.717, 1.165) is 191 Å². The molecule has 654 valence electrons. The molecule has 0 unspecified atom stereocenters. The van der Waals surface area contributed by atoms with Gasteiger partial charge >= 0.3 is 0 Å². The number of rotatable bonds is 48. The normalized spacial score (nSPS) is 12.2. The molecular weight excluding hydrogens is 1480 g/mol. The highest BCUT2D eigenvalue weighted by atomic mass is 15.2. The van der Waals surface area contributed by atoms with Crippen LogP contribution >= 0.6 is 0 Å². The molecule has 12 aromatic rings. The van der Waals surface area contributed by atoms with E-state index in [9.17, 15) is 0 Å². The van der Waals surface area contributed by atoms with Crippen molar-refractivity contribution >= 4 is 71.6 Å². The number of anilines is 1. The molecule has 121 heavy (non-hydrogen) atoms. The molecule has 12 rings (SSSR count). The van der Waals surface area contributed by atoms with E-state index in [2.05, 4.69) is 272 Å². The van der Waals surface area contributed by atoms with Crippen LogP contribution in [0.15, 0.2) is 146 Å². The quantitative estimate of drug-likeness (QED) is 0.0315. The molecule has 0 aliphatic rings. The van der Waals surface area contributed by atoms with Crippen molar-refractivity contribution in [3.8, 4) is 0 Å². The molecule has 6 heterocycles. The van der Waals surface area contributed by atoms with Crippen LogP contribution in [-0.4, -0.2) is 73.7 Å². The molecule has 0 fully saturated rings. The molecule has 0 aliphatic carbocycles. The molecule has 0 saturated heterocycles. The van der Waals surface area contributed by atoms with E-state index in [1.54, 1.807) is 0 Å². The lowest BCUT2D eigenvalue weighted by Crippen LogP contribution is -2.41. The molecule has 4 N–H and O–H groups in total. The summed E-state index contributed by atoms with van der Waals surface area (Å²) < 4.78 is 7.34. The third kappa shape index (κ3) is 29.1. The van der Waals surface area contributed by atoms with Gasteiger partial charge in [-0.25, -0.2) is 19.9 Å². The van der Waals surface area contributed by atoms with Crippen molar-refractivity contribution in [2.24, 2.45) is 10.8 Å². The fraction of sp³-hybridized carbons (Fsp3) is 0.556. The van der Waals surface area contributed by atoms with Crippen molar-refractivity contribution in [2.75, 3.05) is 25.4 Å². The molecule has 0 radical (unpaired) electrons. The number of nitrogens with zero attached hydrogens (tertiary/aromatic N) is 10. The number of nitrogen functional groups attached to an aromatic ring is 1. The van der Waals surface area contributed by atoms with Crippen LogP contribution in [0.5, 0.6) is 0 Å². The van der Waals surface area contributed by atoms with Gasteiger partial charge in [0, 0.05) is 80.2 Å². The predicted molar refractivity (Wildman–Crippen MR) is 520 cm³/mol. The van der Waals surface area contributed by atoms with Gasteiger partial charge in [0.15, 0.2) is 5.82 Å². The molecule has 0 saturated carbocycles. The predicted octanol–water partition coefficient (Wildman–Crippen LogP) is 28.1. The number of hydrogen-bond acceptors (Lipinski definition) is 10. The number of hydrogen-bond donors (Lipinski definition) is 3. The van der Waals surface area contributed by atoms with E-state index < -0.39 is 0 Å². The first kappa shape index (κ1) is 94.9. The largest absolute Gasteiger partial charge is 0.382 e. The first-order chi connectivity index (χ1) is 58.6. The van der Waals surface area contributed by atoms with Crippen LogP contribution in [0, 0.1) is 10.8 Å². The van der Waals surface area contributed by atoms with Gasteiger partial charge in [0.1, 0.15) is 34.0 Å². The number of pyridine rings is 3. The summed E-state index contributed by atoms with van der Waals surface area (Å²) in [7, 11) is 0. The highest BCUT2D eigenvalue weighted by Crippen LogP contribution is 2.36. The van der Waals surface area contributed by atoms with Gasteiger partial charge in [0.2, 0.25) is 0 Å². The molecule has 6 aromatic carbocycles. The molecule has 6 aromatic heterocycles. The minimum absolute atomic E-state index is 0.147. The van der Waals surface area contributed by atoms with Gasteiger partial charge in [0.25, 0.3) is 0 Å². The zero-order valence-electron chi connectivity index (χ0n) is 78.1. The Bertz CT molecular complexity index is 5020. The van der Waals surface area contributed by atoms with Gasteiger partial charge in [-0.3, -0.25) is 14.9 Å². The van der Waals surface area contributed by atoms with Crippen LogP contribution in [0.4, 0.5) is 5.82 Å². The maximum Gasteiger partial charge on any atom is 0.152 e. The smallest absolute Gasteiger partial charge is 0.152 e. The second-order valence-electron chi connectivity index (χ2n) is 38.5. The summed E-state index contributed by atoms with van der Waals surface area (Å²) in [5.74, 6) is 3.99. The summed E-state index contributed by atoms with van der Waals surface area (Å²) in [5.41, 5.74) is 26.8. The number of fused-ring (bicyclic) bond motifs is 9. The summed E-state index contributed by atoms with van der Waals surface area (Å²) >= 11 is 0. The molecule has 0 amide bonds. The Morgan fingerprint density at radius 1 is 0.314 bits per heavy atom. The molecular formula is C108H157N13. The minimum Gasteiger partial charge on any atom is -0.382 e. The lowest BCUT2D eigenvalue weighted by Gasteiger charge is -2.36. The minimum atomic E-state index is 0.147. The Balaban J connectivity index is 0.000000190. The first-order valence-electron chi connectivity index (χ1n) is 48.1. The highest BCUT2D eigenvalue weighted by molar-refractivity contribution is 6.07. The van der Waals surface area contributed by atoms with Crippen LogP contribution < -0.4 is 16.4 Å². The van der Waals surface area contributed by atoms with Crippen molar-refractivity contribution in [3.05, 3.63) is 208 Å². The number of benzene rings is 6. The molecule has 13 heteroatoms. The van der Waals surface area contributed by atoms with Crippen molar-refractivity contribution in [2.45, 2.75) is 361 Å². The van der Waals surface area contributed by atoms with Gasteiger partial charge in [-0.05, 0) is 154 Å². The van der Waals surface area contributed by atoms with Crippen LogP contribution in [0.3, 0.4) is 0 Å². The lowest BCUT2D eigenvalue weighted by atomic mass is 9.89. The van der Waals surface area contributed by atoms with E-state index >= 15 is 0 Å². The Morgan fingerprint density at radius 2 is 0.612 bits per heavy atom. The summed E-state index contributed by atoms with van der Waals surface area (Å²) in [4.78, 5) is 33.1. The fourth-order valence-corrected chi connectivity index (χ4v) is 17.1. The van der Waals surface area contributed by atoms with Gasteiger partial charge < -0.3 is 30.1 Å². The Kier molecular flexibility index (Phi) is 38.1. The lowest BCUT2D eigenvalue weighted by molar-refractivity contribution is 0.124. The summed E-state index contributed by atoms with van der Waals surface area (Å²) in [6.07, 6.45) is 41.5. The van der Waals surface area contributed by atoms with Gasteiger partial charge in [0.05, 0.1) is 44.5 Å². The maximum absolute atomic E-state index is 6.41. The third-order valence-electron chi connectivity index (χ3n) is 24.1. The fourth-order valence-electron chi connectivity index (χ4n) is 17.1. The Morgan fingerprint density at radius 3 is 0.959 bits per heavy atom. The van der Waals surface area contributed by atoms with Crippen molar-refractivity contribution in [3.63, 3.8) is 0 Å². The standard InChI is InChI=1S/C37H54N4.C36H52N4.C35H51N5/c1-6-8-10-11-12-13-14-17-25-38-27-29-21-23-30(24-22-29)28-41-34(20-9-7-2)40-35-33(26-37(3,4)5)39-32-19-16-15-18-31(32)36(35)41;1-6-8-10-11-12-13-16-24-37-26-28-20-22-29(23-21-28)27-40-33(19-9-7-2)39-34-32(25-36(3,4)5)38-31-18-15-14-17-30(31)35(34)40;1-6-8-10-11-12-13-16-24-39(35(3,4)5)25-27-20-22-28(23-21-27)26-40-31(19-9-7-2)38-32-33(40)29-17-14-15-18-30(29)37-34(32)36/h15-16,18-19,21-24,38H,6-14,17,20,25-28H2,1-5H3;14-15,17-18,20-23,37H,6-13,16,19,24-27H2,1-5H3;14-15,17-18,20-23H,6-13,16,19,24-26H2,1-5H3,(H2,36,37). The third-order valence-corrected chi connectivity index (χ3v) is 24.1. The van der Waals surface area contributed by atoms with E-state index in [1.165, 1.54) is 208 Å². The molecule has 13 nitrogen and oxygen atoms in total. The van der Waals surface area contributed by atoms with E-state index in [4.69, 9.17) is 30.7 Å². The number of imidazole rings is 3.